The summed E-state index contributed by atoms with van der Waals surface area (Å²) >= 11 is 0. The summed E-state index contributed by atoms with van der Waals surface area (Å²) in [4.78, 5) is 14.6. The molecule has 1 heterocycles. The van der Waals surface area contributed by atoms with Crippen molar-refractivity contribution in [1.29, 1.82) is 0 Å². The van der Waals surface area contributed by atoms with Crippen LogP contribution < -0.4 is 9.47 Å². The summed E-state index contributed by atoms with van der Waals surface area (Å²) in [5, 5.41) is 9.26. The Labute approximate surface area is 125 Å². The Morgan fingerprint density at radius 2 is 2.00 bits per heavy atom. The van der Waals surface area contributed by atoms with Crippen molar-refractivity contribution >= 4 is 5.91 Å². The smallest absolute Gasteiger partial charge is 0.258 e. The van der Waals surface area contributed by atoms with Gasteiger partial charge in [-0.25, -0.2) is 0 Å². The minimum atomic E-state index is -0.111. The van der Waals surface area contributed by atoms with Crippen LogP contribution in [0.1, 0.15) is 37.0 Å². The molecule has 0 spiro atoms. The minimum Gasteiger partial charge on any atom is -0.486 e. The van der Waals surface area contributed by atoms with Gasteiger partial charge in [-0.3, -0.25) is 4.79 Å². The highest BCUT2D eigenvalue weighted by Gasteiger charge is 2.27. The highest BCUT2D eigenvalue weighted by atomic mass is 16.6. The number of carbonyl (C=O) groups excluding carboxylic acids is 1. The second-order valence-electron chi connectivity index (χ2n) is 5.02. The second kappa shape index (κ2) is 7.31. The zero-order valence-electron chi connectivity index (χ0n) is 12.7. The van der Waals surface area contributed by atoms with E-state index in [1.165, 1.54) is 0 Å². The third-order valence-corrected chi connectivity index (χ3v) is 3.78. The quantitative estimate of drug-likeness (QED) is 0.872. The monoisotopic (exact) mass is 293 g/mol. The van der Waals surface area contributed by atoms with Crippen molar-refractivity contribution in [3.63, 3.8) is 0 Å². The van der Waals surface area contributed by atoms with E-state index in [1.54, 1.807) is 23.1 Å². The summed E-state index contributed by atoms with van der Waals surface area (Å²) in [7, 11) is 0. The number of carbonyl (C=O) groups is 1. The summed E-state index contributed by atoms with van der Waals surface area (Å²) in [5.41, 5.74) is 0.507. The molecule has 0 saturated carbocycles. The van der Waals surface area contributed by atoms with Crippen LogP contribution in [0.5, 0.6) is 11.5 Å². The highest BCUT2D eigenvalue weighted by molar-refractivity contribution is 5.98. The second-order valence-corrected chi connectivity index (χ2v) is 5.02. The average Bonchev–Trinajstić information content (AvgIpc) is 2.54. The Bertz CT molecular complexity index is 485. The number of hydrogen-bond acceptors (Lipinski definition) is 4. The lowest BCUT2D eigenvalue weighted by atomic mass is 10.1. The molecule has 0 bridgehead atoms. The summed E-state index contributed by atoms with van der Waals surface area (Å²) in [6.07, 6.45) is 1.71. The average molecular weight is 293 g/mol. The van der Waals surface area contributed by atoms with E-state index in [-0.39, 0.29) is 18.6 Å². The lowest BCUT2D eigenvalue weighted by molar-refractivity contribution is 0.0613. The lowest BCUT2D eigenvalue weighted by Crippen LogP contribution is -2.41. The fourth-order valence-corrected chi connectivity index (χ4v) is 2.68. The number of fused-ring (bicyclic) bond motifs is 1. The van der Waals surface area contributed by atoms with Crippen molar-refractivity contribution in [1.82, 2.24) is 4.90 Å². The molecular formula is C16H23NO4. The summed E-state index contributed by atoms with van der Waals surface area (Å²) in [6, 6.07) is 5.47. The Morgan fingerprint density at radius 3 is 2.67 bits per heavy atom. The molecule has 0 saturated heterocycles. The van der Waals surface area contributed by atoms with Crippen molar-refractivity contribution in [3.8, 4) is 11.5 Å². The van der Waals surface area contributed by atoms with Crippen LogP contribution >= 0.6 is 0 Å². The Morgan fingerprint density at radius 1 is 1.29 bits per heavy atom. The van der Waals surface area contributed by atoms with Crippen LogP contribution in [0.25, 0.3) is 0 Å². The third-order valence-electron chi connectivity index (χ3n) is 3.78. The van der Waals surface area contributed by atoms with Crippen molar-refractivity contribution in [2.45, 2.75) is 32.7 Å². The van der Waals surface area contributed by atoms with Crippen molar-refractivity contribution in [2.24, 2.45) is 0 Å². The van der Waals surface area contributed by atoms with Crippen LogP contribution in [0.3, 0.4) is 0 Å². The maximum absolute atomic E-state index is 12.8. The Kier molecular flexibility index (Phi) is 5.44. The van der Waals surface area contributed by atoms with E-state index in [9.17, 15) is 9.90 Å². The molecule has 2 rings (SSSR count). The number of rotatable bonds is 6. The van der Waals surface area contributed by atoms with E-state index in [4.69, 9.17) is 9.47 Å². The van der Waals surface area contributed by atoms with Crippen molar-refractivity contribution in [2.75, 3.05) is 26.4 Å². The minimum absolute atomic E-state index is 0.0470. The van der Waals surface area contributed by atoms with E-state index < -0.39 is 0 Å². The van der Waals surface area contributed by atoms with E-state index >= 15 is 0 Å². The van der Waals surface area contributed by atoms with Gasteiger partial charge < -0.3 is 19.5 Å². The van der Waals surface area contributed by atoms with Gasteiger partial charge in [-0.05, 0) is 25.0 Å². The van der Waals surface area contributed by atoms with E-state index in [1.807, 2.05) is 13.8 Å². The number of hydrogen-bond donors (Lipinski definition) is 1. The first-order chi connectivity index (χ1) is 10.2. The molecule has 0 aliphatic carbocycles. The molecule has 1 aromatic rings. The first-order valence-corrected chi connectivity index (χ1v) is 7.53. The van der Waals surface area contributed by atoms with Gasteiger partial charge in [0.25, 0.3) is 5.91 Å². The summed E-state index contributed by atoms with van der Waals surface area (Å²) in [6.45, 7) is 5.32. The van der Waals surface area contributed by atoms with Crippen LogP contribution in [0.4, 0.5) is 0 Å². The molecular weight excluding hydrogens is 270 g/mol. The Balaban J connectivity index is 2.32. The van der Waals surface area contributed by atoms with Crippen LogP contribution in [-0.4, -0.2) is 48.3 Å². The number of benzene rings is 1. The van der Waals surface area contributed by atoms with Crippen LogP contribution in [-0.2, 0) is 0 Å². The SMILES string of the molecule is CCC(CC)N(CCO)C(=O)c1cccc2c1OCCO2. The van der Waals surface area contributed by atoms with Gasteiger partial charge in [0.15, 0.2) is 11.5 Å². The molecule has 1 aromatic carbocycles. The van der Waals surface area contributed by atoms with Crippen LogP contribution in [0, 0.1) is 0 Å². The standard InChI is InChI=1S/C16H23NO4/c1-3-12(4-2)17(8-9-18)16(19)13-6-5-7-14-15(13)21-11-10-20-14/h5-7,12,18H,3-4,8-11H2,1-2H3. The molecule has 5 nitrogen and oxygen atoms in total. The van der Waals surface area contributed by atoms with Gasteiger partial charge in [-0.2, -0.15) is 0 Å². The van der Waals surface area contributed by atoms with Crippen LogP contribution in [0.2, 0.25) is 0 Å². The fourth-order valence-electron chi connectivity index (χ4n) is 2.68. The molecule has 0 radical (unpaired) electrons. The van der Waals surface area contributed by atoms with Crippen molar-refractivity contribution in [3.05, 3.63) is 23.8 Å². The number of nitrogens with zero attached hydrogens (tertiary/aromatic N) is 1. The van der Waals surface area contributed by atoms with Gasteiger partial charge >= 0.3 is 0 Å². The predicted molar refractivity (Wildman–Crippen MR) is 79.9 cm³/mol. The van der Waals surface area contributed by atoms with Crippen LogP contribution in [0.15, 0.2) is 18.2 Å². The molecule has 0 aromatic heterocycles. The predicted octanol–water partition coefficient (Wildman–Crippen LogP) is 2.08. The van der Waals surface area contributed by atoms with Gasteiger partial charge in [-0.15, -0.1) is 0 Å². The number of aliphatic hydroxyl groups excluding tert-OH is 1. The molecule has 116 valence electrons. The van der Waals surface area contributed by atoms with Gasteiger partial charge in [0, 0.05) is 12.6 Å². The largest absolute Gasteiger partial charge is 0.486 e. The zero-order valence-corrected chi connectivity index (χ0v) is 12.7. The molecule has 1 N–H and O–H groups in total. The molecule has 0 unspecified atom stereocenters. The molecule has 21 heavy (non-hydrogen) atoms. The van der Waals surface area contributed by atoms with E-state index in [0.717, 1.165) is 12.8 Å². The number of amides is 1. The molecule has 1 aliphatic heterocycles. The number of aliphatic hydroxyl groups is 1. The zero-order chi connectivity index (χ0) is 15.2. The lowest BCUT2D eigenvalue weighted by Gasteiger charge is -2.31. The molecule has 1 aliphatic rings. The summed E-state index contributed by atoms with van der Waals surface area (Å²) < 4.78 is 11.1. The van der Waals surface area contributed by atoms with Gasteiger partial charge in [-0.1, -0.05) is 19.9 Å². The summed E-state index contributed by atoms with van der Waals surface area (Å²) in [5.74, 6) is 1.02. The van der Waals surface area contributed by atoms with Crippen molar-refractivity contribution < 1.29 is 19.4 Å². The fraction of sp³-hybridized carbons (Fsp3) is 0.562. The molecule has 1 amide bonds. The van der Waals surface area contributed by atoms with E-state index in [0.29, 0.717) is 36.8 Å². The normalized spacial score (nSPS) is 13.3. The maximum atomic E-state index is 12.8. The number of ether oxygens (including phenoxy) is 2. The van der Waals surface area contributed by atoms with Gasteiger partial charge in [0.05, 0.1) is 12.2 Å². The van der Waals surface area contributed by atoms with Gasteiger partial charge in [0.1, 0.15) is 13.2 Å². The third kappa shape index (κ3) is 3.29. The maximum Gasteiger partial charge on any atom is 0.258 e. The number of para-hydroxylation sites is 1. The highest BCUT2D eigenvalue weighted by Crippen LogP contribution is 2.34. The topological polar surface area (TPSA) is 59.0 Å². The first kappa shape index (κ1) is 15.6. The molecule has 5 heteroatoms. The van der Waals surface area contributed by atoms with E-state index in [2.05, 4.69) is 0 Å². The molecule has 0 atom stereocenters. The molecule has 0 fully saturated rings. The first-order valence-electron chi connectivity index (χ1n) is 7.53. The Hall–Kier alpha value is -1.75. The van der Waals surface area contributed by atoms with Gasteiger partial charge in [0.2, 0.25) is 0 Å².